The lowest BCUT2D eigenvalue weighted by molar-refractivity contribution is 0.0697. The highest BCUT2D eigenvalue weighted by Gasteiger charge is 2.41. The Kier molecular flexibility index (Phi) is 4.34. The van der Waals surface area contributed by atoms with E-state index in [9.17, 15) is 9.90 Å². The smallest absolute Gasteiger partial charge is 0.335 e. The molecule has 1 N–H and O–H groups in total. The fourth-order valence-electron chi connectivity index (χ4n) is 3.84. The van der Waals surface area contributed by atoms with Gasteiger partial charge in [0, 0.05) is 27.9 Å². The highest BCUT2D eigenvalue weighted by molar-refractivity contribution is 7.16. The summed E-state index contributed by atoms with van der Waals surface area (Å²) in [7, 11) is 0. The number of carboxylic acids is 1. The molecule has 2 aliphatic carbocycles. The van der Waals surface area contributed by atoms with Crippen LogP contribution in [0.25, 0.3) is 0 Å². The van der Waals surface area contributed by atoms with Gasteiger partial charge in [-0.3, -0.25) is 0 Å². The summed E-state index contributed by atoms with van der Waals surface area (Å²) < 4.78 is 0. The standard InChI is InChI=1S/C22H28N2O2S/c1-21(2)11-12-22(3,4)18-17(21)23-20(27-18)24(13-14-5-6-14)16-9-7-15(8-10-16)19(25)26/h7-10,14H,5-6,11-13H2,1-4H3,(H,25,26). The molecular formula is C22H28N2O2S. The van der Waals surface area contributed by atoms with Crippen molar-refractivity contribution in [3.63, 3.8) is 0 Å². The summed E-state index contributed by atoms with van der Waals surface area (Å²) in [5.74, 6) is -0.172. The van der Waals surface area contributed by atoms with Crippen LogP contribution >= 0.6 is 11.3 Å². The lowest BCUT2D eigenvalue weighted by Gasteiger charge is -2.37. The Morgan fingerprint density at radius 2 is 1.78 bits per heavy atom. The van der Waals surface area contributed by atoms with Crippen molar-refractivity contribution in [2.45, 2.75) is 64.2 Å². The second kappa shape index (κ2) is 6.33. The second-order valence-electron chi connectivity index (χ2n) is 9.35. The molecule has 1 aromatic heterocycles. The van der Waals surface area contributed by atoms with Crippen molar-refractivity contribution in [3.05, 3.63) is 40.4 Å². The molecule has 0 saturated heterocycles. The van der Waals surface area contributed by atoms with E-state index in [2.05, 4.69) is 32.6 Å². The van der Waals surface area contributed by atoms with Gasteiger partial charge in [0.25, 0.3) is 0 Å². The highest BCUT2D eigenvalue weighted by Crippen LogP contribution is 2.50. The largest absolute Gasteiger partial charge is 0.478 e. The maximum absolute atomic E-state index is 11.2. The fourth-order valence-corrected chi connectivity index (χ4v) is 5.24. The van der Waals surface area contributed by atoms with E-state index >= 15 is 0 Å². The van der Waals surface area contributed by atoms with E-state index in [0.29, 0.717) is 11.5 Å². The number of benzene rings is 1. The van der Waals surface area contributed by atoms with Gasteiger partial charge in [-0.25, -0.2) is 9.78 Å². The molecule has 1 aromatic carbocycles. The fraction of sp³-hybridized carbons (Fsp3) is 0.545. The lowest BCUT2D eigenvalue weighted by Crippen LogP contribution is -2.32. The molecule has 0 unspecified atom stereocenters. The van der Waals surface area contributed by atoms with Gasteiger partial charge in [0.1, 0.15) is 0 Å². The summed E-state index contributed by atoms with van der Waals surface area (Å²) in [6.45, 7) is 10.2. The number of carboxylic acid groups (broad SMARTS) is 1. The van der Waals surface area contributed by atoms with Crippen molar-refractivity contribution in [3.8, 4) is 0 Å². The number of nitrogens with zero attached hydrogens (tertiary/aromatic N) is 2. The first-order valence-corrected chi connectivity index (χ1v) is 10.6. The number of anilines is 2. The van der Waals surface area contributed by atoms with Crippen molar-refractivity contribution in [2.24, 2.45) is 5.92 Å². The van der Waals surface area contributed by atoms with Crippen molar-refractivity contribution in [1.29, 1.82) is 0 Å². The number of hydrogen-bond acceptors (Lipinski definition) is 4. The van der Waals surface area contributed by atoms with Crippen LogP contribution in [0.4, 0.5) is 10.8 Å². The van der Waals surface area contributed by atoms with Crippen molar-refractivity contribution in [1.82, 2.24) is 4.98 Å². The van der Waals surface area contributed by atoms with Crippen LogP contribution in [-0.4, -0.2) is 22.6 Å². The molecule has 1 heterocycles. The van der Waals surface area contributed by atoms with Crippen molar-refractivity contribution in [2.75, 3.05) is 11.4 Å². The molecule has 4 rings (SSSR count). The van der Waals surface area contributed by atoms with Gasteiger partial charge >= 0.3 is 5.97 Å². The minimum atomic E-state index is -0.886. The molecule has 0 atom stereocenters. The van der Waals surface area contributed by atoms with Gasteiger partial charge in [0.2, 0.25) is 0 Å². The van der Waals surface area contributed by atoms with Crippen LogP contribution in [0.2, 0.25) is 0 Å². The Hall–Kier alpha value is -1.88. The van der Waals surface area contributed by atoms with Gasteiger partial charge in [0.05, 0.1) is 11.3 Å². The number of hydrogen-bond donors (Lipinski definition) is 1. The van der Waals surface area contributed by atoms with Gasteiger partial charge in [-0.2, -0.15) is 0 Å². The molecule has 2 aliphatic rings. The average Bonchev–Trinajstić information content (AvgIpc) is 3.31. The van der Waals surface area contributed by atoms with Gasteiger partial charge in [-0.1, -0.05) is 27.7 Å². The number of aromatic nitrogens is 1. The summed E-state index contributed by atoms with van der Waals surface area (Å²) in [5.41, 5.74) is 2.89. The van der Waals surface area contributed by atoms with Crippen LogP contribution < -0.4 is 4.90 Å². The summed E-state index contributed by atoms with van der Waals surface area (Å²) in [5, 5.41) is 10.2. The minimum Gasteiger partial charge on any atom is -0.478 e. The van der Waals surface area contributed by atoms with Crippen LogP contribution in [0.1, 0.15) is 74.3 Å². The molecule has 2 aromatic rings. The number of carbonyl (C=O) groups is 1. The maximum atomic E-state index is 11.2. The molecule has 27 heavy (non-hydrogen) atoms. The average molecular weight is 385 g/mol. The summed E-state index contributed by atoms with van der Waals surface area (Å²) in [6.07, 6.45) is 4.88. The number of fused-ring (bicyclic) bond motifs is 1. The van der Waals surface area contributed by atoms with Gasteiger partial charge in [-0.15, -0.1) is 11.3 Å². The second-order valence-corrected chi connectivity index (χ2v) is 10.3. The van der Waals surface area contributed by atoms with E-state index in [1.165, 1.54) is 29.8 Å². The van der Waals surface area contributed by atoms with Crippen molar-refractivity contribution < 1.29 is 9.90 Å². The van der Waals surface area contributed by atoms with Gasteiger partial charge in [-0.05, 0) is 55.9 Å². The molecule has 1 fully saturated rings. The van der Waals surface area contributed by atoms with Crippen LogP contribution in [0, 0.1) is 5.92 Å². The van der Waals surface area contributed by atoms with Crippen LogP contribution in [-0.2, 0) is 10.8 Å². The topological polar surface area (TPSA) is 53.4 Å². The first-order valence-electron chi connectivity index (χ1n) is 9.80. The van der Waals surface area contributed by atoms with E-state index in [1.807, 2.05) is 23.5 Å². The molecule has 0 radical (unpaired) electrons. The third kappa shape index (κ3) is 3.49. The van der Waals surface area contributed by atoms with Crippen molar-refractivity contribution >= 4 is 28.1 Å². The molecule has 144 valence electrons. The molecule has 0 aliphatic heterocycles. The molecular weight excluding hydrogens is 356 g/mol. The van der Waals surface area contributed by atoms with E-state index < -0.39 is 5.97 Å². The monoisotopic (exact) mass is 384 g/mol. The summed E-state index contributed by atoms with van der Waals surface area (Å²) >= 11 is 1.83. The quantitative estimate of drug-likeness (QED) is 0.714. The number of thiazole rings is 1. The molecule has 4 nitrogen and oxygen atoms in total. The number of rotatable bonds is 5. The Morgan fingerprint density at radius 1 is 1.15 bits per heavy atom. The summed E-state index contributed by atoms with van der Waals surface area (Å²) in [6, 6.07) is 7.23. The van der Waals surface area contributed by atoms with Gasteiger partial charge in [0.15, 0.2) is 5.13 Å². The van der Waals surface area contributed by atoms with Crippen LogP contribution in [0.3, 0.4) is 0 Å². The van der Waals surface area contributed by atoms with E-state index in [0.717, 1.165) is 23.8 Å². The Morgan fingerprint density at radius 3 is 2.33 bits per heavy atom. The predicted molar refractivity (Wildman–Crippen MR) is 111 cm³/mol. The molecule has 0 amide bonds. The first-order chi connectivity index (χ1) is 12.7. The predicted octanol–water partition coefficient (Wildman–Crippen LogP) is 5.74. The summed E-state index contributed by atoms with van der Waals surface area (Å²) in [4.78, 5) is 20.1. The third-order valence-electron chi connectivity index (χ3n) is 6.04. The van der Waals surface area contributed by atoms with E-state index in [4.69, 9.17) is 4.98 Å². The molecule has 5 heteroatoms. The van der Waals surface area contributed by atoms with Crippen LogP contribution in [0.15, 0.2) is 24.3 Å². The zero-order valence-corrected chi connectivity index (χ0v) is 17.4. The van der Waals surface area contributed by atoms with E-state index in [1.54, 1.807) is 12.1 Å². The minimum absolute atomic E-state index is 0.109. The molecule has 0 spiro atoms. The van der Waals surface area contributed by atoms with Crippen LogP contribution in [0.5, 0.6) is 0 Å². The lowest BCUT2D eigenvalue weighted by atomic mass is 9.69. The first kappa shape index (κ1) is 18.5. The number of aromatic carboxylic acids is 1. The zero-order valence-electron chi connectivity index (χ0n) is 16.6. The highest BCUT2D eigenvalue weighted by atomic mass is 32.1. The molecule has 1 saturated carbocycles. The SMILES string of the molecule is CC1(C)CCC(C)(C)c2sc(N(CC3CC3)c3ccc(C(=O)O)cc3)nc21. The molecule has 0 bridgehead atoms. The Bertz CT molecular complexity index is 829. The zero-order chi connectivity index (χ0) is 19.4. The third-order valence-corrected chi connectivity index (χ3v) is 7.49. The van der Waals surface area contributed by atoms with E-state index in [-0.39, 0.29) is 10.8 Å². The Balaban J connectivity index is 1.75. The van der Waals surface area contributed by atoms with Gasteiger partial charge < -0.3 is 10.0 Å². The normalized spacial score (nSPS) is 20.1. The maximum Gasteiger partial charge on any atom is 0.335 e. The Labute approximate surface area is 165 Å².